The summed E-state index contributed by atoms with van der Waals surface area (Å²) in [6.45, 7) is 1.33. The van der Waals surface area contributed by atoms with Gasteiger partial charge >= 0.3 is 0 Å². The van der Waals surface area contributed by atoms with Gasteiger partial charge in [-0.3, -0.25) is 9.59 Å². The summed E-state index contributed by atoms with van der Waals surface area (Å²) < 4.78 is 15.9. The van der Waals surface area contributed by atoms with Gasteiger partial charge in [-0.15, -0.1) is 0 Å². The van der Waals surface area contributed by atoms with E-state index in [9.17, 15) is 9.59 Å². The average molecular weight is 439 g/mol. The second-order valence-corrected chi connectivity index (χ2v) is 8.46. The first-order valence-electron chi connectivity index (χ1n) is 10.4. The van der Waals surface area contributed by atoms with Crippen molar-refractivity contribution in [3.8, 4) is 17.2 Å². The zero-order valence-electron chi connectivity index (χ0n) is 18.4. The molecule has 1 saturated carbocycles. The molecule has 1 aliphatic carbocycles. The molecule has 0 saturated heterocycles. The Morgan fingerprint density at radius 1 is 0.967 bits per heavy atom. The summed E-state index contributed by atoms with van der Waals surface area (Å²) in [6.07, 6.45) is 6.69. The van der Waals surface area contributed by atoms with Crippen LogP contribution in [0.5, 0.6) is 17.2 Å². The standard InChI is InChI=1S/C22H34N2O5S/c1-27-18-13-20(29-3)19(28-2)12-17(18)22(26)24-14-15-6-8-16(9-7-15)21(25)23-10-5-11-30-4/h12-13,15-16H,5-11,14H2,1-4H3,(H,23,25)(H,24,26). The smallest absolute Gasteiger partial charge is 0.255 e. The van der Waals surface area contributed by atoms with Crippen LogP contribution in [0.2, 0.25) is 0 Å². The topological polar surface area (TPSA) is 85.9 Å². The first-order chi connectivity index (χ1) is 14.5. The number of amides is 2. The molecule has 0 heterocycles. The van der Waals surface area contributed by atoms with Gasteiger partial charge in [0.25, 0.3) is 5.91 Å². The first kappa shape index (κ1) is 24.2. The summed E-state index contributed by atoms with van der Waals surface area (Å²) in [5.74, 6) is 2.93. The lowest BCUT2D eigenvalue weighted by atomic mass is 9.81. The highest BCUT2D eigenvalue weighted by molar-refractivity contribution is 7.98. The van der Waals surface area contributed by atoms with Crippen molar-refractivity contribution in [1.29, 1.82) is 0 Å². The van der Waals surface area contributed by atoms with Gasteiger partial charge in [0, 0.05) is 31.1 Å². The minimum absolute atomic E-state index is 0.0946. The Kier molecular flexibility index (Phi) is 10.1. The maximum absolute atomic E-state index is 12.7. The van der Waals surface area contributed by atoms with Gasteiger partial charge in [0.15, 0.2) is 11.5 Å². The zero-order chi connectivity index (χ0) is 21.9. The molecule has 0 bridgehead atoms. The Hall–Kier alpha value is -2.09. The molecule has 168 valence electrons. The lowest BCUT2D eigenvalue weighted by Gasteiger charge is -2.28. The predicted molar refractivity (Wildman–Crippen MR) is 120 cm³/mol. The van der Waals surface area contributed by atoms with Gasteiger partial charge in [-0.25, -0.2) is 0 Å². The highest BCUT2D eigenvalue weighted by atomic mass is 32.2. The van der Waals surface area contributed by atoms with E-state index in [1.807, 2.05) is 0 Å². The number of rotatable bonds is 11. The summed E-state index contributed by atoms with van der Waals surface area (Å²) >= 11 is 1.79. The number of methoxy groups -OCH3 is 3. The monoisotopic (exact) mass is 438 g/mol. The van der Waals surface area contributed by atoms with E-state index in [-0.39, 0.29) is 17.7 Å². The van der Waals surface area contributed by atoms with E-state index < -0.39 is 0 Å². The molecule has 2 N–H and O–H groups in total. The van der Waals surface area contributed by atoms with Crippen molar-refractivity contribution in [2.45, 2.75) is 32.1 Å². The van der Waals surface area contributed by atoms with Crippen LogP contribution in [0.1, 0.15) is 42.5 Å². The number of hydrogen-bond acceptors (Lipinski definition) is 6. The van der Waals surface area contributed by atoms with Gasteiger partial charge in [-0.2, -0.15) is 11.8 Å². The van der Waals surface area contributed by atoms with Crippen molar-refractivity contribution < 1.29 is 23.8 Å². The molecule has 0 unspecified atom stereocenters. The van der Waals surface area contributed by atoms with Crippen LogP contribution in [-0.4, -0.2) is 58.2 Å². The van der Waals surface area contributed by atoms with Crippen molar-refractivity contribution >= 4 is 23.6 Å². The normalized spacial score (nSPS) is 18.4. The summed E-state index contributed by atoms with van der Waals surface area (Å²) in [7, 11) is 4.59. The molecule has 0 spiro atoms. The Morgan fingerprint density at radius 2 is 1.60 bits per heavy atom. The van der Waals surface area contributed by atoms with Gasteiger partial charge in [0.2, 0.25) is 5.91 Å². The number of thioether (sulfide) groups is 1. The largest absolute Gasteiger partial charge is 0.496 e. The van der Waals surface area contributed by atoms with Crippen LogP contribution in [0.3, 0.4) is 0 Å². The third-order valence-electron chi connectivity index (χ3n) is 5.54. The van der Waals surface area contributed by atoms with Crippen LogP contribution in [0, 0.1) is 11.8 Å². The number of ether oxygens (including phenoxy) is 3. The van der Waals surface area contributed by atoms with Crippen LogP contribution in [0.4, 0.5) is 0 Å². The molecule has 1 aliphatic rings. The Bertz CT molecular complexity index is 705. The van der Waals surface area contributed by atoms with Crippen molar-refractivity contribution in [2.75, 3.05) is 46.4 Å². The van der Waals surface area contributed by atoms with E-state index in [4.69, 9.17) is 14.2 Å². The molecule has 30 heavy (non-hydrogen) atoms. The van der Waals surface area contributed by atoms with Crippen molar-refractivity contribution in [3.63, 3.8) is 0 Å². The van der Waals surface area contributed by atoms with Gasteiger partial charge in [-0.05, 0) is 50.0 Å². The predicted octanol–water partition coefficient (Wildman–Crippen LogP) is 3.12. The fourth-order valence-electron chi connectivity index (χ4n) is 3.74. The lowest BCUT2D eigenvalue weighted by Crippen LogP contribution is -2.36. The molecule has 7 nitrogen and oxygen atoms in total. The third-order valence-corrected chi connectivity index (χ3v) is 6.24. The minimum atomic E-state index is -0.207. The summed E-state index contributed by atoms with van der Waals surface area (Å²) in [6, 6.07) is 3.28. The molecule has 0 atom stereocenters. The summed E-state index contributed by atoms with van der Waals surface area (Å²) in [4.78, 5) is 25.0. The van der Waals surface area contributed by atoms with Crippen molar-refractivity contribution in [2.24, 2.45) is 11.8 Å². The van der Waals surface area contributed by atoms with Crippen LogP contribution >= 0.6 is 11.8 Å². The number of nitrogens with one attached hydrogen (secondary N) is 2. The molecular weight excluding hydrogens is 404 g/mol. The maximum Gasteiger partial charge on any atom is 0.255 e. The number of hydrogen-bond donors (Lipinski definition) is 2. The minimum Gasteiger partial charge on any atom is -0.496 e. The molecule has 1 aromatic carbocycles. The second kappa shape index (κ2) is 12.6. The third kappa shape index (κ3) is 6.72. The zero-order valence-corrected chi connectivity index (χ0v) is 19.2. The quantitative estimate of drug-likeness (QED) is 0.517. The van der Waals surface area contributed by atoms with Gasteiger partial charge in [0.05, 0.1) is 26.9 Å². The summed E-state index contributed by atoms with van der Waals surface area (Å²) in [5.41, 5.74) is 0.411. The van der Waals surface area contributed by atoms with E-state index in [1.54, 1.807) is 23.9 Å². The average Bonchev–Trinajstić information content (AvgIpc) is 2.79. The van der Waals surface area contributed by atoms with E-state index >= 15 is 0 Å². The van der Waals surface area contributed by atoms with Gasteiger partial charge in [-0.1, -0.05) is 0 Å². The van der Waals surface area contributed by atoms with E-state index in [1.165, 1.54) is 21.3 Å². The molecule has 0 radical (unpaired) electrons. The molecule has 1 aromatic rings. The highest BCUT2D eigenvalue weighted by Crippen LogP contribution is 2.35. The molecule has 0 aromatic heterocycles. The molecule has 1 fully saturated rings. The van der Waals surface area contributed by atoms with Crippen LogP contribution in [0.25, 0.3) is 0 Å². The molecule has 2 rings (SSSR count). The van der Waals surface area contributed by atoms with Crippen molar-refractivity contribution in [3.05, 3.63) is 17.7 Å². The second-order valence-electron chi connectivity index (χ2n) is 7.47. The number of benzene rings is 1. The number of carbonyl (C=O) groups excluding carboxylic acids is 2. The molecular formula is C22H34N2O5S. The maximum atomic E-state index is 12.7. The Morgan fingerprint density at radius 3 is 2.20 bits per heavy atom. The number of carbonyl (C=O) groups is 2. The fourth-order valence-corrected chi connectivity index (χ4v) is 4.17. The van der Waals surface area contributed by atoms with Crippen LogP contribution in [-0.2, 0) is 4.79 Å². The van der Waals surface area contributed by atoms with Gasteiger partial charge < -0.3 is 24.8 Å². The van der Waals surface area contributed by atoms with E-state index in [0.717, 1.165) is 44.4 Å². The van der Waals surface area contributed by atoms with E-state index in [0.29, 0.717) is 35.3 Å². The van der Waals surface area contributed by atoms with Gasteiger partial charge in [0.1, 0.15) is 5.75 Å². The van der Waals surface area contributed by atoms with Crippen molar-refractivity contribution in [1.82, 2.24) is 10.6 Å². The molecule has 2 amide bonds. The van der Waals surface area contributed by atoms with Crippen LogP contribution in [0.15, 0.2) is 12.1 Å². The fraction of sp³-hybridized carbons (Fsp3) is 0.636. The summed E-state index contributed by atoms with van der Waals surface area (Å²) in [5, 5.41) is 6.05. The first-order valence-corrected chi connectivity index (χ1v) is 11.8. The SMILES string of the molecule is COc1cc(OC)c(C(=O)NCC2CCC(C(=O)NCCCSC)CC2)cc1OC. The molecule has 0 aliphatic heterocycles. The Labute approximate surface area is 183 Å². The molecule has 8 heteroatoms. The van der Waals surface area contributed by atoms with Crippen LogP contribution < -0.4 is 24.8 Å². The Balaban J connectivity index is 1.83. The lowest BCUT2D eigenvalue weighted by molar-refractivity contribution is -0.126. The highest BCUT2D eigenvalue weighted by Gasteiger charge is 2.27. The van der Waals surface area contributed by atoms with E-state index in [2.05, 4.69) is 16.9 Å².